The summed E-state index contributed by atoms with van der Waals surface area (Å²) in [4.78, 5) is 23.2. The molecule has 1 aliphatic rings. The van der Waals surface area contributed by atoms with Crippen molar-refractivity contribution in [1.82, 2.24) is 10.1 Å². The van der Waals surface area contributed by atoms with E-state index in [1.54, 1.807) is 12.1 Å². The first-order chi connectivity index (χ1) is 19.8. The van der Waals surface area contributed by atoms with Crippen molar-refractivity contribution in [1.29, 1.82) is 0 Å². The van der Waals surface area contributed by atoms with Gasteiger partial charge >= 0.3 is 0 Å². The largest absolute Gasteiger partial charge is 0.299 e. The number of amides is 1. The number of carbonyl (C=O) groups excluding carboxylic acids is 1. The molecule has 1 fully saturated rings. The van der Waals surface area contributed by atoms with E-state index in [1.807, 2.05) is 38.1 Å². The number of aliphatic imine (C=N–C) groups is 2. The molecule has 3 aromatic rings. The first-order valence-corrected chi connectivity index (χ1v) is 16.4. The van der Waals surface area contributed by atoms with Crippen LogP contribution in [-0.2, 0) is 14.8 Å². The van der Waals surface area contributed by atoms with Crippen LogP contribution in [-0.4, -0.2) is 38.7 Å². The maximum absolute atomic E-state index is 13.8. The van der Waals surface area contributed by atoms with Gasteiger partial charge in [0.15, 0.2) is 11.5 Å². The van der Waals surface area contributed by atoms with E-state index in [0.717, 1.165) is 29.4 Å². The van der Waals surface area contributed by atoms with Gasteiger partial charge in [0.2, 0.25) is 10.0 Å². The van der Waals surface area contributed by atoms with Gasteiger partial charge in [0.05, 0.1) is 32.7 Å². The van der Waals surface area contributed by atoms with Gasteiger partial charge in [0.25, 0.3) is 5.91 Å². The van der Waals surface area contributed by atoms with E-state index >= 15 is 0 Å². The van der Waals surface area contributed by atoms with Crippen LogP contribution in [0.15, 0.2) is 58.5 Å². The summed E-state index contributed by atoms with van der Waals surface area (Å²) in [5.74, 6) is -0.221. The van der Waals surface area contributed by atoms with Gasteiger partial charge in [-0.2, -0.15) is 0 Å². The maximum Gasteiger partial charge on any atom is 0.299 e. The lowest BCUT2D eigenvalue weighted by Crippen LogP contribution is -2.36. The summed E-state index contributed by atoms with van der Waals surface area (Å²) >= 11 is 25.4. The number of rotatable bonds is 9. The number of halogens is 4. The molecule has 0 radical (unpaired) electrons. The molecule has 42 heavy (non-hydrogen) atoms. The van der Waals surface area contributed by atoms with Crippen LogP contribution in [0.3, 0.4) is 0 Å². The lowest BCUT2D eigenvalue weighted by atomic mass is 9.92. The zero-order chi connectivity index (χ0) is 30.8. The minimum absolute atomic E-state index is 0.0369. The molecule has 1 unspecified atom stereocenters. The van der Waals surface area contributed by atoms with Crippen LogP contribution >= 0.6 is 46.4 Å². The number of hydrazine groups is 1. The topological polar surface area (TPSA) is 103 Å². The molecular formula is C29H29Cl4N5O3S. The number of hydrogen-bond donors (Lipinski definition) is 2. The molecule has 0 spiro atoms. The fourth-order valence-corrected chi connectivity index (χ4v) is 6.17. The van der Waals surface area contributed by atoms with Crippen molar-refractivity contribution < 1.29 is 13.2 Å². The fourth-order valence-electron chi connectivity index (χ4n) is 4.53. The molecule has 1 aliphatic heterocycles. The van der Waals surface area contributed by atoms with Gasteiger partial charge in [-0.3, -0.25) is 10.2 Å². The Morgan fingerprint density at radius 3 is 2.24 bits per heavy atom. The minimum Gasteiger partial charge on any atom is -0.272 e. The Bertz CT molecular complexity index is 1690. The predicted octanol–water partition coefficient (Wildman–Crippen LogP) is 7.70. The summed E-state index contributed by atoms with van der Waals surface area (Å²) < 4.78 is 25.5. The monoisotopic (exact) mass is 667 g/mol. The van der Waals surface area contributed by atoms with Crippen LogP contribution in [0.25, 0.3) is 0 Å². The number of benzene rings is 3. The minimum atomic E-state index is -3.26. The Hall–Kier alpha value is -2.66. The Balaban J connectivity index is 1.75. The van der Waals surface area contributed by atoms with Crippen molar-refractivity contribution in [2.75, 3.05) is 17.8 Å². The average molecular weight is 669 g/mol. The number of nitrogens with zero attached hydrogens (tertiary/aromatic N) is 3. The number of aryl methyl sites for hydroxylation is 2. The van der Waals surface area contributed by atoms with Crippen LogP contribution in [0, 0.1) is 13.8 Å². The summed E-state index contributed by atoms with van der Waals surface area (Å²) in [6, 6.07) is 14.1. The molecule has 1 heterocycles. The van der Waals surface area contributed by atoms with E-state index in [0.29, 0.717) is 34.4 Å². The summed E-state index contributed by atoms with van der Waals surface area (Å²) in [6.45, 7) is 6.20. The quantitative estimate of drug-likeness (QED) is 0.244. The van der Waals surface area contributed by atoms with Crippen molar-refractivity contribution in [2.24, 2.45) is 9.98 Å². The summed E-state index contributed by atoms with van der Waals surface area (Å²) in [5.41, 5.74) is 7.07. The first-order valence-electron chi connectivity index (χ1n) is 13.0. The average Bonchev–Trinajstić information content (AvgIpc) is 3.18. The zero-order valence-electron chi connectivity index (χ0n) is 23.3. The normalized spacial score (nSPS) is 16.4. The fraction of sp³-hybridized carbons (Fsp3) is 0.276. The van der Waals surface area contributed by atoms with E-state index in [9.17, 15) is 13.2 Å². The second kappa shape index (κ2) is 13.3. The molecule has 13 heteroatoms. The second-order valence-electron chi connectivity index (χ2n) is 9.95. The molecule has 2 N–H and O–H groups in total. The first kappa shape index (κ1) is 32.3. The van der Waals surface area contributed by atoms with E-state index in [1.165, 1.54) is 17.1 Å². The predicted molar refractivity (Wildman–Crippen MR) is 174 cm³/mol. The van der Waals surface area contributed by atoms with E-state index < -0.39 is 15.9 Å². The SMILES string of the molecule is CCC(CCNS(C)(=O)=O)c1ccc(N=C2C(=O)N(c3c(Cl)cc(Cl)cc3Cl)NC2=Nc2cc(C)ccc2Cl)c(C)c1. The van der Waals surface area contributed by atoms with Crippen molar-refractivity contribution in [3.63, 3.8) is 0 Å². The second-order valence-corrected chi connectivity index (χ2v) is 13.4. The van der Waals surface area contributed by atoms with Gasteiger partial charge in [0.1, 0.15) is 5.69 Å². The van der Waals surface area contributed by atoms with Crippen LogP contribution < -0.4 is 15.2 Å². The Labute approximate surface area is 265 Å². The summed E-state index contributed by atoms with van der Waals surface area (Å²) in [6.07, 6.45) is 2.61. The molecule has 4 rings (SSSR count). The molecule has 8 nitrogen and oxygen atoms in total. The van der Waals surface area contributed by atoms with Gasteiger partial charge in [-0.05, 0) is 79.6 Å². The molecule has 222 valence electrons. The molecule has 3 aromatic carbocycles. The third-order valence-corrected chi connectivity index (χ3v) is 8.50. The molecule has 1 amide bonds. The van der Waals surface area contributed by atoms with Crippen LogP contribution in [0.5, 0.6) is 0 Å². The maximum atomic E-state index is 13.8. The highest BCUT2D eigenvalue weighted by molar-refractivity contribution is 7.88. The van der Waals surface area contributed by atoms with Crippen LogP contribution in [0.1, 0.15) is 42.4 Å². The van der Waals surface area contributed by atoms with Crippen molar-refractivity contribution in [3.05, 3.63) is 85.3 Å². The van der Waals surface area contributed by atoms with Crippen LogP contribution in [0.4, 0.5) is 17.1 Å². The van der Waals surface area contributed by atoms with Gasteiger partial charge in [-0.1, -0.05) is 71.5 Å². The summed E-state index contributed by atoms with van der Waals surface area (Å²) in [5, 5.41) is 2.24. The Kier molecular flexibility index (Phi) is 10.2. The highest BCUT2D eigenvalue weighted by Gasteiger charge is 2.37. The highest BCUT2D eigenvalue weighted by Crippen LogP contribution is 2.38. The molecular weight excluding hydrogens is 640 g/mol. The lowest BCUT2D eigenvalue weighted by Gasteiger charge is -2.18. The smallest absolute Gasteiger partial charge is 0.272 e. The Morgan fingerprint density at radius 2 is 1.62 bits per heavy atom. The van der Waals surface area contributed by atoms with Crippen molar-refractivity contribution in [2.45, 2.75) is 39.5 Å². The lowest BCUT2D eigenvalue weighted by molar-refractivity contribution is -0.112. The molecule has 0 saturated carbocycles. The van der Waals surface area contributed by atoms with Crippen LogP contribution in [0.2, 0.25) is 20.1 Å². The third kappa shape index (κ3) is 7.64. The van der Waals surface area contributed by atoms with Crippen molar-refractivity contribution in [3.8, 4) is 0 Å². The third-order valence-electron chi connectivity index (χ3n) is 6.66. The zero-order valence-corrected chi connectivity index (χ0v) is 27.1. The molecule has 1 saturated heterocycles. The molecule has 1 atom stereocenters. The van der Waals surface area contributed by atoms with Gasteiger partial charge < -0.3 is 0 Å². The van der Waals surface area contributed by atoms with Gasteiger partial charge in [-0.25, -0.2) is 28.1 Å². The van der Waals surface area contributed by atoms with E-state index in [-0.39, 0.29) is 33.2 Å². The van der Waals surface area contributed by atoms with Crippen molar-refractivity contribution >= 4 is 90.9 Å². The van der Waals surface area contributed by atoms with E-state index in [4.69, 9.17) is 51.4 Å². The number of anilines is 1. The molecule has 0 bridgehead atoms. The number of amidine groups is 1. The highest BCUT2D eigenvalue weighted by atomic mass is 35.5. The Morgan fingerprint density at radius 1 is 0.929 bits per heavy atom. The van der Waals surface area contributed by atoms with E-state index in [2.05, 4.69) is 22.1 Å². The molecule has 0 aromatic heterocycles. The summed E-state index contributed by atoms with van der Waals surface area (Å²) in [7, 11) is -3.26. The standard InChI is InChI=1S/C29H29Cl4N5O3S/c1-5-18(10-11-34-42(4,40)41)19-7-9-24(17(3)13-19)35-26-28(36-25-12-16(2)6-8-21(25)31)37-38(29(26)39)27-22(32)14-20(30)15-23(27)33/h6-9,12-15,18,34H,5,10-11H2,1-4H3,(H,36,37). The number of nitrogens with one attached hydrogen (secondary N) is 2. The number of carbonyl (C=O) groups is 1. The molecule has 0 aliphatic carbocycles. The van der Waals surface area contributed by atoms with Gasteiger partial charge in [0, 0.05) is 11.6 Å². The number of hydrogen-bond acceptors (Lipinski definition) is 5. The van der Waals surface area contributed by atoms with Gasteiger partial charge in [-0.15, -0.1) is 0 Å². The number of sulfonamides is 1.